The lowest BCUT2D eigenvalue weighted by Crippen LogP contribution is -2.07. The molecular weight excluding hydrogens is 236 g/mol. The Labute approximate surface area is 104 Å². The molecular formula is C14H13F2NO. The Morgan fingerprint density at radius 2 is 1.83 bits per heavy atom. The van der Waals surface area contributed by atoms with E-state index < -0.39 is 17.7 Å². The van der Waals surface area contributed by atoms with Gasteiger partial charge in [0.2, 0.25) is 0 Å². The van der Waals surface area contributed by atoms with Crippen molar-refractivity contribution in [3.8, 4) is 0 Å². The predicted molar refractivity (Wildman–Crippen MR) is 64.0 cm³/mol. The summed E-state index contributed by atoms with van der Waals surface area (Å²) < 4.78 is 26.8. The van der Waals surface area contributed by atoms with Crippen molar-refractivity contribution >= 4 is 0 Å². The molecule has 0 aliphatic rings. The molecule has 1 unspecified atom stereocenters. The minimum absolute atomic E-state index is 0.118. The Morgan fingerprint density at radius 1 is 1.17 bits per heavy atom. The molecule has 0 aliphatic carbocycles. The fourth-order valence-corrected chi connectivity index (χ4v) is 1.70. The number of aromatic nitrogens is 1. The zero-order valence-corrected chi connectivity index (χ0v) is 9.90. The molecule has 0 radical (unpaired) electrons. The summed E-state index contributed by atoms with van der Waals surface area (Å²) in [5, 5.41) is 9.92. The summed E-state index contributed by atoms with van der Waals surface area (Å²) in [5.74, 6) is -1.30. The van der Waals surface area contributed by atoms with Crippen LogP contribution in [-0.2, 0) is 6.42 Å². The molecule has 0 bridgehead atoms. The van der Waals surface area contributed by atoms with Gasteiger partial charge in [-0.15, -0.1) is 0 Å². The largest absolute Gasteiger partial charge is 0.386 e. The molecule has 0 amide bonds. The summed E-state index contributed by atoms with van der Waals surface area (Å²) in [7, 11) is 0. The highest BCUT2D eigenvalue weighted by Gasteiger charge is 2.15. The van der Waals surface area contributed by atoms with Crippen molar-refractivity contribution in [3.63, 3.8) is 0 Å². The van der Waals surface area contributed by atoms with E-state index in [2.05, 4.69) is 4.98 Å². The first-order valence-electron chi connectivity index (χ1n) is 5.61. The van der Waals surface area contributed by atoms with Crippen LogP contribution in [0.3, 0.4) is 0 Å². The molecule has 2 rings (SSSR count). The van der Waals surface area contributed by atoms with Crippen LogP contribution in [0, 0.1) is 18.6 Å². The van der Waals surface area contributed by atoms with Gasteiger partial charge in [-0.25, -0.2) is 8.78 Å². The van der Waals surface area contributed by atoms with Crippen LogP contribution in [0.1, 0.15) is 22.9 Å². The van der Waals surface area contributed by atoms with E-state index in [1.165, 1.54) is 18.2 Å². The second kappa shape index (κ2) is 5.23. The lowest BCUT2D eigenvalue weighted by atomic mass is 10.0. The Morgan fingerprint density at radius 3 is 2.39 bits per heavy atom. The van der Waals surface area contributed by atoms with Gasteiger partial charge < -0.3 is 5.11 Å². The second-order valence-corrected chi connectivity index (χ2v) is 4.18. The highest BCUT2D eigenvalue weighted by Crippen LogP contribution is 2.21. The van der Waals surface area contributed by atoms with E-state index in [9.17, 15) is 13.9 Å². The summed E-state index contributed by atoms with van der Waals surface area (Å²) >= 11 is 0. The van der Waals surface area contributed by atoms with Crippen LogP contribution < -0.4 is 0 Å². The van der Waals surface area contributed by atoms with Gasteiger partial charge >= 0.3 is 0 Å². The molecule has 2 aromatic rings. The number of halogens is 2. The molecule has 0 spiro atoms. The molecule has 0 aliphatic heterocycles. The van der Waals surface area contributed by atoms with Gasteiger partial charge in [0.1, 0.15) is 17.7 Å². The van der Waals surface area contributed by atoms with Gasteiger partial charge in [-0.2, -0.15) is 0 Å². The molecule has 94 valence electrons. The molecule has 1 aromatic carbocycles. The first-order valence-corrected chi connectivity index (χ1v) is 5.61. The highest BCUT2D eigenvalue weighted by molar-refractivity contribution is 5.23. The average molecular weight is 249 g/mol. The van der Waals surface area contributed by atoms with Crippen LogP contribution in [-0.4, -0.2) is 10.1 Å². The van der Waals surface area contributed by atoms with Crippen LogP contribution in [0.15, 0.2) is 36.5 Å². The Balaban J connectivity index is 2.21. The molecule has 1 heterocycles. The van der Waals surface area contributed by atoms with Gasteiger partial charge in [-0.3, -0.25) is 4.98 Å². The Bertz CT molecular complexity index is 520. The number of rotatable bonds is 3. The predicted octanol–water partition coefficient (Wildman–Crippen LogP) is 2.94. The van der Waals surface area contributed by atoms with E-state index in [4.69, 9.17) is 0 Å². The lowest BCUT2D eigenvalue weighted by Gasteiger charge is -2.11. The minimum Gasteiger partial charge on any atom is -0.386 e. The van der Waals surface area contributed by atoms with Gasteiger partial charge in [-0.05, 0) is 30.7 Å². The van der Waals surface area contributed by atoms with E-state index in [0.29, 0.717) is 5.69 Å². The molecule has 2 nitrogen and oxygen atoms in total. The highest BCUT2D eigenvalue weighted by atomic mass is 19.1. The lowest BCUT2D eigenvalue weighted by molar-refractivity contribution is 0.171. The van der Waals surface area contributed by atoms with Crippen molar-refractivity contribution in [3.05, 3.63) is 65.0 Å². The third kappa shape index (κ3) is 2.71. The van der Waals surface area contributed by atoms with Crippen LogP contribution in [0.25, 0.3) is 0 Å². The van der Waals surface area contributed by atoms with E-state index in [0.717, 1.165) is 5.56 Å². The quantitative estimate of drug-likeness (QED) is 0.907. The average Bonchev–Trinajstić information content (AvgIpc) is 2.34. The maximum atomic E-state index is 13.4. The molecule has 18 heavy (non-hydrogen) atoms. The number of nitrogens with zero attached hydrogens (tertiary/aromatic N) is 1. The maximum Gasteiger partial charge on any atom is 0.129 e. The Kier molecular flexibility index (Phi) is 3.67. The van der Waals surface area contributed by atoms with Crippen molar-refractivity contribution in [1.29, 1.82) is 0 Å². The zero-order valence-electron chi connectivity index (χ0n) is 9.90. The number of aliphatic hydroxyl groups excluding tert-OH is 1. The Hall–Kier alpha value is -1.81. The fourth-order valence-electron chi connectivity index (χ4n) is 1.70. The van der Waals surface area contributed by atoms with E-state index in [1.54, 1.807) is 18.3 Å². The first-order chi connectivity index (χ1) is 8.58. The van der Waals surface area contributed by atoms with Gasteiger partial charge in [0.25, 0.3) is 0 Å². The van der Waals surface area contributed by atoms with Crippen LogP contribution in [0.5, 0.6) is 0 Å². The van der Waals surface area contributed by atoms with E-state index in [-0.39, 0.29) is 12.0 Å². The number of hydrogen-bond donors (Lipinski definition) is 1. The number of benzene rings is 1. The summed E-state index contributed by atoms with van der Waals surface area (Å²) in [5.41, 5.74) is 1.25. The number of aryl methyl sites for hydroxylation is 1. The van der Waals surface area contributed by atoms with Crippen molar-refractivity contribution in [2.24, 2.45) is 0 Å². The van der Waals surface area contributed by atoms with Crippen LogP contribution in [0.2, 0.25) is 0 Å². The van der Waals surface area contributed by atoms with Crippen LogP contribution >= 0.6 is 0 Å². The number of aliphatic hydroxyl groups is 1. The topological polar surface area (TPSA) is 33.1 Å². The summed E-state index contributed by atoms with van der Waals surface area (Å²) in [6.07, 6.45) is 0.460. The summed E-state index contributed by atoms with van der Waals surface area (Å²) in [6, 6.07) is 7.09. The van der Waals surface area contributed by atoms with Crippen molar-refractivity contribution in [2.75, 3.05) is 0 Å². The van der Waals surface area contributed by atoms with Gasteiger partial charge in [0.05, 0.1) is 5.69 Å². The van der Waals surface area contributed by atoms with Gasteiger partial charge in [0.15, 0.2) is 0 Å². The normalized spacial score (nSPS) is 12.4. The molecule has 0 fully saturated rings. The number of hydrogen-bond acceptors (Lipinski definition) is 2. The first kappa shape index (κ1) is 12.6. The molecule has 0 saturated carbocycles. The monoisotopic (exact) mass is 249 g/mol. The SMILES string of the molecule is Cc1ccc(C(O)Cc2c(F)cccc2F)nc1. The third-order valence-corrected chi connectivity index (χ3v) is 2.73. The maximum absolute atomic E-state index is 13.4. The van der Waals surface area contributed by atoms with Crippen molar-refractivity contribution < 1.29 is 13.9 Å². The molecule has 0 saturated heterocycles. The van der Waals surface area contributed by atoms with Gasteiger partial charge in [0, 0.05) is 18.2 Å². The second-order valence-electron chi connectivity index (χ2n) is 4.18. The van der Waals surface area contributed by atoms with Gasteiger partial charge in [-0.1, -0.05) is 12.1 Å². The van der Waals surface area contributed by atoms with E-state index in [1.807, 2.05) is 6.92 Å². The smallest absolute Gasteiger partial charge is 0.129 e. The van der Waals surface area contributed by atoms with Crippen molar-refractivity contribution in [1.82, 2.24) is 4.98 Å². The molecule has 4 heteroatoms. The molecule has 1 atom stereocenters. The number of pyridine rings is 1. The zero-order chi connectivity index (χ0) is 13.1. The standard InChI is InChI=1S/C14H13F2NO/c1-9-5-6-13(17-8-9)14(18)7-10-11(15)3-2-4-12(10)16/h2-6,8,14,18H,7H2,1H3. The summed E-state index contributed by atoms with van der Waals surface area (Å²) in [4.78, 5) is 4.04. The third-order valence-electron chi connectivity index (χ3n) is 2.73. The molecule has 1 N–H and O–H groups in total. The van der Waals surface area contributed by atoms with E-state index >= 15 is 0 Å². The molecule has 1 aromatic heterocycles. The van der Waals surface area contributed by atoms with Crippen molar-refractivity contribution in [2.45, 2.75) is 19.4 Å². The van der Waals surface area contributed by atoms with Crippen LogP contribution in [0.4, 0.5) is 8.78 Å². The summed E-state index contributed by atoms with van der Waals surface area (Å²) in [6.45, 7) is 1.87. The minimum atomic E-state index is -1.02. The fraction of sp³-hybridized carbons (Fsp3) is 0.214.